The number of amides is 1. The van der Waals surface area contributed by atoms with E-state index in [-0.39, 0.29) is 6.54 Å². The first-order valence-electron chi connectivity index (χ1n) is 5.79. The molecule has 0 bridgehead atoms. The van der Waals surface area contributed by atoms with E-state index in [4.69, 9.17) is 5.11 Å². The number of carboxylic acid groups (broad SMARTS) is 1. The summed E-state index contributed by atoms with van der Waals surface area (Å²) in [7, 11) is 0. The lowest BCUT2D eigenvalue weighted by Crippen LogP contribution is -2.25. The summed E-state index contributed by atoms with van der Waals surface area (Å²) >= 11 is 1.33. The summed E-state index contributed by atoms with van der Waals surface area (Å²) in [5, 5.41) is 11.4. The molecular weight excluding hydrogens is 302 g/mol. The Morgan fingerprint density at radius 1 is 1.29 bits per heavy atom. The minimum atomic E-state index is -1.51. The summed E-state index contributed by atoms with van der Waals surface area (Å²) in [6.45, 7) is 1.89. The Balaban J connectivity index is 2.24. The Morgan fingerprint density at radius 2 is 1.90 bits per heavy atom. The van der Waals surface area contributed by atoms with Gasteiger partial charge in [0.1, 0.15) is 0 Å². The van der Waals surface area contributed by atoms with Crippen molar-refractivity contribution in [3.8, 4) is 0 Å². The summed E-state index contributed by atoms with van der Waals surface area (Å²) in [5.74, 6) is -4.89. The van der Waals surface area contributed by atoms with Gasteiger partial charge in [-0.2, -0.15) is 0 Å². The molecule has 8 heteroatoms. The van der Waals surface area contributed by atoms with E-state index in [1.54, 1.807) is 12.4 Å². The standard InChI is InChI=1S/C13H10F2N2O3S/c1-6-11(21-5-17-6)4-16-12(18)7-2-9(14)10(15)3-8(7)13(19)20/h2-3,5H,4H2,1H3,(H,16,18)(H,19,20). The highest BCUT2D eigenvalue weighted by atomic mass is 32.1. The predicted molar refractivity (Wildman–Crippen MR) is 71.3 cm³/mol. The summed E-state index contributed by atoms with van der Waals surface area (Å²) in [6, 6.07) is 1.07. The van der Waals surface area contributed by atoms with Gasteiger partial charge in [-0.25, -0.2) is 18.6 Å². The third-order valence-corrected chi connectivity index (χ3v) is 3.72. The molecule has 0 saturated carbocycles. The highest BCUT2D eigenvalue weighted by molar-refractivity contribution is 7.09. The number of carbonyl (C=O) groups is 2. The van der Waals surface area contributed by atoms with Gasteiger partial charge in [0.15, 0.2) is 11.6 Å². The van der Waals surface area contributed by atoms with Crippen LogP contribution in [0.3, 0.4) is 0 Å². The fourth-order valence-electron chi connectivity index (χ4n) is 1.66. The number of carbonyl (C=O) groups excluding carboxylic acids is 1. The van der Waals surface area contributed by atoms with Crippen molar-refractivity contribution < 1.29 is 23.5 Å². The van der Waals surface area contributed by atoms with Crippen LogP contribution >= 0.6 is 11.3 Å². The van der Waals surface area contributed by atoms with Gasteiger partial charge in [0.25, 0.3) is 5.91 Å². The summed E-state index contributed by atoms with van der Waals surface area (Å²) in [5.41, 5.74) is 1.33. The number of nitrogens with zero attached hydrogens (tertiary/aromatic N) is 1. The fourth-order valence-corrected chi connectivity index (χ4v) is 2.38. The van der Waals surface area contributed by atoms with Crippen molar-refractivity contribution in [3.05, 3.63) is 51.0 Å². The van der Waals surface area contributed by atoms with Crippen molar-refractivity contribution in [1.82, 2.24) is 10.3 Å². The molecule has 0 aliphatic rings. The zero-order valence-electron chi connectivity index (χ0n) is 10.8. The van der Waals surface area contributed by atoms with Crippen LogP contribution in [0.1, 0.15) is 31.3 Å². The number of rotatable bonds is 4. The monoisotopic (exact) mass is 312 g/mol. The zero-order chi connectivity index (χ0) is 15.6. The highest BCUT2D eigenvalue weighted by Crippen LogP contribution is 2.16. The molecule has 5 nitrogen and oxygen atoms in total. The smallest absolute Gasteiger partial charge is 0.336 e. The Kier molecular flexibility index (Phi) is 4.27. The van der Waals surface area contributed by atoms with E-state index in [2.05, 4.69) is 10.3 Å². The third kappa shape index (κ3) is 3.22. The highest BCUT2D eigenvalue weighted by Gasteiger charge is 2.20. The second-order valence-corrected chi connectivity index (χ2v) is 5.10. The van der Waals surface area contributed by atoms with Crippen molar-refractivity contribution in [3.63, 3.8) is 0 Å². The molecule has 0 saturated heterocycles. The van der Waals surface area contributed by atoms with E-state index in [0.717, 1.165) is 10.6 Å². The molecular formula is C13H10F2N2O3S. The van der Waals surface area contributed by atoms with Crippen LogP contribution in [-0.2, 0) is 6.54 Å². The second kappa shape index (κ2) is 5.96. The molecule has 2 N–H and O–H groups in total. The summed E-state index contributed by atoms with van der Waals surface area (Å²) < 4.78 is 26.3. The SMILES string of the molecule is Cc1ncsc1CNC(=O)c1cc(F)c(F)cc1C(=O)O. The number of carboxylic acids is 1. The van der Waals surface area contributed by atoms with Crippen molar-refractivity contribution in [2.75, 3.05) is 0 Å². The predicted octanol–water partition coefficient (Wildman–Crippen LogP) is 2.36. The van der Waals surface area contributed by atoms with Crippen LogP contribution < -0.4 is 5.32 Å². The largest absolute Gasteiger partial charge is 0.478 e. The number of nitrogens with one attached hydrogen (secondary N) is 1. The lowest BCUT2D eigenvalue weighted by molar-refractivity contribution is 0.0690. The molecule has 0 unspecified atom stereocenters. The van der Waals surface area contributed by atoms with Crippen LogP contribution in [0, 0.1) is 18.6 Å². The van der Waals surface area contributed by atoms with Crippen LogP contribution in [0.25, 0.3) is 0 Å². The molecule has 0 atom stereocenters. The van der Waals surface area contributed by atoms with E-state index >= 15 is 0 Å². The van der Waals surface area contributed by atoms with Crippen LogP contribution in [-0.4, -0.2) is 22.0 Å². The molecule has 0 radical (unpaired) electrons. The molecule has 2 rings (SSSR count). The molecule has 1 aromatic carbocycles. The quantitative estimate of drug-likeness (QED) is 0.908. The first kappa shape index (κ1) is 15.0. The Labute approximate surface area is 122 Å². The van der Waals surface area contributed by atoms with Crippen LogP contribution in [0.15, 0.2) is 17.6 Å². The van der Waals surface area contributed by atoms with Gasteiger partial charge >= 0.3 is 5.97 Å². The van der Waals surface area contributed by atoms with Crippen molar-refractivity contribution in [1.29, 1.82) is 0 Å². The van der Waals surface area contributed by atoms with E-state index in [1.165, 1.54) is 11.3 Å². The van der Waals surface area contributed by atoms with Gasteiger partial charge in [-0.05, 0) is 19.1 Å². The minimum absolute atomic E-state index is 0.132. The maximum absolute atomic E-state index is 13.2. The number of aromatic nitrogens is 1. The molecule has 1 aromatic heterocycles. The van der Waals surface area contributed by atoms with E-state index < -0.39 is 34.6 Å². The second-order valence-electron chi connectivity index (χ2n) is 4.16. The summed E-state index contributed by atoms with van der Waals surface area (Å²) in [4.78, 5) is 27.8. The molecule has 1 amide bonds. The third-order valence-electron chi connectivity index (χ3n) is 2.79. The number of hydrogen-bond donors (Lipinski definition) is 2. The number of benzene rings is 1. The molecule has 2 aromatic rings. The fraction of sp³-hybridized carbons (Fsp3) is 0.154. The molecule has 0 spiro atoms. The lowest BCUT2D eigenvalue weighted by Gasteiger charge is -2.08. The van der Waals surface area contributed by atoms with Gasteiger partial charge < -0.3 is 10.4 Å². The van der Waals surface area contributed by atoms with Crippen molar-refractivity contribution in [2.24, 2.45) is 0 Å². The average molecular weight is 312 g/mol. The Hall–Kier alpha value is -2.35. The maximum Gasteiger partial charge on any atom is 0.336 e. The van der Waals surface area contributed by atoms with Gasteiger partial charge in [0.05, 0.1) is 28.9 Å². The van der Waals surface area contributed by atoms with Crippen LogP contribution in [0.2, 0.25) is 0 Å². The normalized spacial score (nSPS) is 10.4. The summed E-state index contributed by atoms with van der Waals surface area (Å²) in [6.07, 6.45) is 0. The van der Waals surface area contributed by atoms with Crippen molar-refractivity contribution in [2.45, 2.75) is 13.5 Å². The number of hydrogen-bond acceptors (Lipinski definition) is 4. The van der Waals surface area contributed by atoms with Gasteiger partial charge in [0.2, 0.25) is 0 Å². The van der Waals surface area contributed by atoms with E-state index in [1.807, 2.05) is 0 Å². The van der Waals surface area contributed by atoms with Gasteiger partial charge in [0, 0.05) is 4.88 Å². The maximum atomic E-state index is 13.2. The Morgan fingerprint density at radius 3 is 2.43 bits per heavy atom. The Bertz CT molecular complexity index is 715. The van der Waals surface area contributed by atoms with E-state index in [0.29, 0.717) is 12.1 Å². The first-order valence-corrected chi connectivity index (χ1v) is 6.67. The van der Waals surface area contributed by atoms with Gasteiger partial charge in [-0.1, -0.05) is 0 Å². The molecule has 110 valence electrons. The van der Waals surface area contributed by atoms with Crippen LogP contribution in [0.4, 0.5) is 8.78 Å². The van der Waals surface area contributed by atoms with Crippen LogP contribution in [0.5, 0.6) is 0 Å². The molecule has 0 fully saturated rings. The number of aromatic carboxylic acids is 1. The van der Waals surface area contributed by atoms with Gasteiger partial charge in [-0.15, -0.1) is 11.3 Å². The van der Waals surface area contributed by atoms with Crippen molar-refractivity contribution >= 4 is 23.2 Å². The molecule has 21 heavy (non-hydrogen) atoms. The van der Waals surface area contributed by atoms with E-state index in [9.17, 15) is 18.4 Å². The number of halogens is 2. The first-order chi connectivity index (χ1) is 9.90. The molecule has 0 aliphatic heterocycles. The minimum Gasteiger partial charge on any atom is -0.478 e. The average Bonchev–Trinajstić information content (AvgIpc) is 2.84. The number of thiazole rings is 1. The zero-order valence-corrected chi connectivity index (χ0v) is 11.6. The molecule has 0 aliphatic carbocycles. The molecule has 1 heterocycles. The topological polar surface area (TPSA) is 79.3 Å². The lowest BCUT2D eigenvalue weighted by atomic mass is 10.1. The number of aryl methyl sites for hydroxylation is 1. The van der Waals surface area contributed by atoms with Gasteiger partial charge in [-0.3, -0.25) is 4.79 Å².